The van der Waals surface area contributed by atoms with Crippen molar-refractivity contribution in [2.45, 2.75) is 39.8 Å². The molecule has 0 amide bonds. The molecular weight excluding hydrogens is 460 g/mol. The number of hydrogen-bond acceptors (Lipinski definition) is 6. The number of hydrogen-bond donors (Lipinski definition) is 0. The molecule has 2 aromatic carbocycles. The van der Waals surface area contributed by atoms with Crippen molar-refractivity contribution in [1.82, 2.24) is 4.57 Å². The molecule has 1 unspecified atom stereocenters. The van der Waals surface area contributed by atoms with Gasteiger partial charge in [0.05, 0.1) is 34.6 Å². The van der Waals surface area contributed by atoms with Crippen molar-refractivity contribution in [2.75, 3.05) is 6.61 Å². The van der Waals surface area contributed by atoms with E-state index in [9.17, 15) is 9.59 Å². The van der Waals surface area contributed by atoms with Crippen LogP contribution in [-0.4, -0.2) is 23.2 Å². The first-order valence-electron chi connectivity index (χ1n) is 11.6. The second-order valence-corrected chi connectivity index (χ2v) is 9.34. The number of allylic oxidation sites excluding steroid dienone is 2. The number of carbonyl (C=O) groups is 1. The van der Waals surface area contributed by atoms with Crippen molar-refractivity contribution >= 4 is 29.5 Å². The number of ether oxygens (including phenoxy) is 2. The second kappa shape index (κ2) is 10.7. The van der Waals surface area contributed by atoms with Gasteiger partial charge in [0.2, 0.25) is 0 Å². The largest absolute Gasteiger partial charge is 0.494 e. The summed E-state index contributed by atoms with van der Waals surface area (Å²) in [4.78, 5) is 31.9. The fourth-order valence-corrected chi connectivity index (χ4v) is 4.91. The Hall–Kier alpha value is -3.71. The highest BCUT2D eigenvalue weighted by atomic mass is 32.1. The Morgan fingerprint density at radius 2 is 1.86 bits per heavy atom. The monoisotopic (exact) mass is 488 g/mol. The number of benzene rings is 2. The summed E-state index contributed by atoms with van der Waals surface area (Å²) in [5.74, 6) is 0.250. The first-order chi connectivity index (χ1) is 16.9. The highest BCUT2D eigenvalue weighted by Gasteiger charge is 2.33. The van der Waals surface area contributed by atoms with Crippen molar-refractivity contribution in [2.24, 2.45) is 4.99 Å². The molecule has 1 aliphatic rings. The minimum Gasteiger partial charge on any atom is -0.494 e. The maximum absolute atomic E-state index is 13.6. The van der Waals surface area contributed by atoms with Gasteiger partial charge in [0.25, 0.3) is 5.56 Å². The second-order valence-electron chi connectivity index (χ2n) is 8.33. The smallest absolute Gasteiger partial charge is 0.338 e. The Bertz CT molecular complexity index is 1450. The van der Waals surface area contributed by atoms with Gasteiger partial charge in [-0.3, -0.25) is 9.36 Å². The molecular formula is C28H28N2O4S. The van der Waals surface area contributed by atoms with Crippen molar-refractivity contribution in [3.63, 3.8) is 0 Å². The van der Waals surface area contributed by atoms with E-state index in [0.717, 1.165) is 16.9 Å². The van der Waals surface area contributed by atoms with E-state index in [2.05, 4.69) is 4.99 Å². The van der Waals surface area contributed by atoms with Crippen molar-refractivity contribution in [3.8, 4) is 5.75 Å². The van der Waals surface area contributed by atoms with Gasteiger partial charge in [0, 0.05) is 0 Å². The zero-order chi connectivity index (χ0) is 24.9. The molecule has 0 fully saturated rings. The third-order valence-corrected chi connectivity index (χ3v) is 6.43. The van der Waals surface area contributed by atoms with Crippen LogP contribution >= 0.6 is 11.3 Å². The lowest BCUT2D eigenvalue weighted by atomic mass is 9.96. The van der Waals surface area contributed by atoms with Crippen LogP contribution in [-0.2, 0) is 9.53 Å². The third-order valence-electron chi connectivity index (χ3n) is 5.43. The number of esters is 1. The molecule has 0 saturated carbocycles. The zero-order valence-corrected chi connectivity index (χ0v) is 21.0. The molecule has 0 radical (unpaired) electrons. The summed E-state index contributed by atoms with van der Waals surface area (Å²) < 4.78 is 13.2. The molecule has 3 aromatic rings. The molecule has 4 rings (SSSR count). The molecule has 0 bridgehead atoms. The molecule has 0 spiro atoms. The van der Waals surface area contributed by atoms with Gasteiger partial charge in [-0.25, -0.2) is 9.79 Å². The predicted octanol–water partition coefficient (Wildman–Crippen LogP) is 4.25. The number of rotatable bonds is 7. The summed E-state index contributed by atoms with van der Waals surface area (Å²) in [6.07, 6.45) is 5.29. The lowest BCUT2D eigenvalue weighted by Gasteiger charge is -2.25. The maximum atomic E-state index is 13.6. The summed E-state index contributed by atoms with van der Waals surface area (Å²) in [5, 5.41) is 0. The van der Waals surface area contributed by atoms with Crippen LogP contribution in [0.15, 0.2) is 81.7 Å². The topological polar surface area (TPSA) is 69.9 Å². The molecule has 1 aromatic heterocycles. The zero-order valence-electron chi connectivity index (χ0n) is 20.2. The minimum absolute atomic E-state index is 0.201. The fourth-order valence-electron chi connectivity index (χ4n) is 3.91. The van der Waals surface area contributed by atoms with Crippen LogP contribution in [0.4, 0.5) is 0 Å². The van der Waals surface area contributed by atoms with Crippen molar-refractivity contribution in [3.05, 3.63) is 103 Å². The van der Waals surface area contributed by atoms with E-state index in [1.807, 2.05) is 73.7 Å². The van der Waals surface area contributed by atoms with Gasteiger partial charge < -0.3 is 9.47 Å². The van der Waals surface area contributed by atoms with E-state index in [0.29, 0.717) is 27.2 Å². The molecule has 1 atom stereocenters. The van der Waals surface area contributed by atoms with E-state index in [-0.39, 0.29) is 11.7 Å². The lowest BCUT2D eigenvalue weighted by Crippen LogP contribution is -2.40. The summed E-state index contributed by atoms with van der Waals surface area (Å²) in [6.45, 7) is 7.85. The van der Waals surface area contributed by atoms with Gasteiger partial charge in [-0.2, -0.15) is 0 Å². The first-order valence-corrected chi connectivity index (χ1v) is 12.4. The van der Waals surface area contributed by atoms with Crippen molar-refractivity contribution < 1.29 is 14.3 Å². The highest BCUT2D eigenvalue weighted by Crippen LogP contribution is 2.31. The molecule has 180 valence electrons. The van der Waals surface area contributed by atoms with Crippen LogP contribution in [0.1, 0.15) is 44.9 Å². The average Bonchev–Trinajstić information content (AvgIpc) is 3.14. The Labute approximate surface area is 208 Å². The quantitative estimate of drug-likeness (QED) is 0.466. The highest BCUT2D eigenvalue weighted by molar-refractivity contribution is 7.07. The molecule has 1 aliphatic heterocycles. The summed E-state index contributed by atoms with van der Waals surface area (Å²) in [6, 6.07) is 16.7. The normalized spacial score (nSPS) is 15.9. The number of thiazole rings is 1. The summed E-state index contributed by atoms with van der Waals surface area (Å²) in [5.41, 5.74) is 2.53. The average molecular weight is 489 g/mol. The van der Waals surface area contributed by atoms with Gasteiger partial charge in [0.1, 0.15) is 5.75 Å². The van der Waals surface area contributed by atoms with E-state index < -0.39 is 12.0 Å². The molecule has 2 heterocycles. The molecule has 0 aliphatic carbocycles. The summed E-state index contributed by atoms with van der Waals surface area (Å²) >= 11 is 1.30. The Balaban J connectivity index is 1.83. The third kappa shape index (κ3) is 5.35. The fraction of sp³-hybridized carbons (Fsp3) is 0.250. The van der Waals surface area contributed by atoms with Crippen LogP contribution < -0.4 is 19.6 Å². The number of aromatic nitrogens is 1. The Morgan fingerprint density at radius 1 is 1.14 bits per heavy atom. The van der Waals surface area contributed by atoms with Crippen molar-refractivity contribution in [1.29, 1.82) is 0 Å². The minimum atomic E-state index is -0.645. The predicted molar refractivity (Wildman–Crippen MR) is 139 cm³/mol. The number of carbonyl (C=O) groups excluding carboxylic acids is 1. The van der Waals surface area contributed by atoms with Gasteiger partial charge in [0.15, 0.2) is 4.80 Å². The number of nitrogens with zero attached hydrogens (tertiary/aromatic N) is 2. The molecule has 0 N–H and O–H groups in total. The lowest BCUT2D eigenvalue weighted by molar-refractivity contribution is -0.143. The summed E-state index contributed by atoms with van der Waals surface area (Å²) in [7, 11) is 0. The van der Waals surface area contributed by atoms with Gasteiger partial charge in [-0.05, 0) is 57.0 Å². The standard InChI is InChI=1S/C28H28N2O4S/c1-5-33-22-16-14-21(15-17-22)25-24(27(32)34-18(2)3)19(4)29-28-30(25)26(31)23(35-28)13-9-12-20-10-7-6-8-11-20/h6-18,25H,5H2,1-4H3. The number of fused-ring (bicyclic) bond motifs is 1. The van der Waals surface area contributed by atoms with E-state index in [4.69, 9.17) is 9.47 Å². The Kier molecular flexibility index (Phi) is 7.46. The van der Waals surface area contributed by atoms with Crippen LogP contribution in [0.2, 0.25) is 0 Å². The van der Waals surface area contributed by atoms with Gasteiger partial charge in [-0.1, -0.05) is 66.0 Å². The van der Waals surface area contributed by atoms with Crippen LogP contribution in [0.5, 0.6) is 5.75 Å². The molecule has 0 saturated heterocycles. The van der Waals surface area contributed by atoms with Crippen LogP contribution in [0.25, 0.3) is 12.2 Å². The van der Waals surface area contributed by atoms with E-state index in [1.54, 1.807) is 31.4 Å². The first kappa shape index (κ1) is 24.4. The molecule has 35 heavy (non-hydrogen) atoms. The van der Waals surface area contributed by atoms with E-state index >= 15 is 0 Å². The molecule has 6 nitrogen and oxygen atoms in total. The van der Waals surface area contributed by atoms with E-state index in [1.165, 1.54) is 11.3 Å². The Morgan fingerprint density at radius 3 is 2.51 bits per heavy atom. The maximum Gasteiger partial charge on any atom is 0.338 e. The van der Waals surface area contributed by atoms with Gasteiger partial charge in [-0.15, -0.1) is 0 Å². The SMILES string of the molecule is CCOc1ccc(C2C(C(=O)OC(C)C)=C(C)N=c3sc(=CC=Cc4ccccc4)c(=O)n32)cc1. The van der Waals surface area contributed by atoms with Crippen LogP contribution in [0.3, 0.4) is 0 Å². The molecule has 7 heteroatoms. The van der Waals surface area contributed by atoms with Gasteiger partial charge >= 0.3 is 5.97 Å². The van der Waals surface area contributed by atoms with Crippen LogP contribution in [0, 0.1) is 0 Å².